The number of nitrogens with zero attached hydrogens (tertiary/aromatic N) is 1. The highest BCUT2D eigenvalue weighted by molar-refractivity contribution is 5.84. The second-order valence-electron chi connectivity index (χ2n) is 20.6. The lowest BCUT2D eigenvalue weighted by Crippen LogP contribution is -2.31. The van der Waals surface area contributed by atoms with E-state index in [-0.39, 0.29) is 27.1 Å². The summed E-state index contributed by atoms with van der Waals surface area (Å²) in [5.41, 5.74) is 12.0. The molecule has 0 aliphatic heterocycles. The van der Waals surface area contributed by atoms with Crippen molar-refractivity contribution in [3.63, 3.8) is 0 Å². The Morgan fingerprint density at radius 1 is 0.840 bits per heavy atom. The van der Waals surface area contributed by atoms with Crippen LogP contribution in [0.2, 0.25) is 0 Å². The normalized spacial score (nSPS) is 26.8. The third-order valence-electron chi connectivity index (χ3n) is 12.2. The van der Waals surface area contributed by atoms with Gasteiger partial charge < -0.3 is 0 Å². The van der Waals surface area contributed by atoms with E-state index in [1.54, 1.807) is 5.57 Å². The van der Waals surface area contributed by atoms with Crippen LogP contribution in [-0.2, 0) is 0 Å². The molecule has 0 bridgehead atoms. The quantitative estimate of drug-likeness (QED) is 0.227. The Kier molecular flexibility index (Phi) is 12.6. The van der Waals surface area contributed by atoms with E-state index in [0.29, 0.717) is 11.3 Å². The Labute approximate surface area is 310 Å². The lowest BCUT2D eigenvalue weighted by Gasteiger charge is -2.41. The van der Waals surface area contributed by atoms with E-state index in [2.05, 4.69) is 173 Å². The summed E-state index contributed by atoms with van der Waals surface area (Å²) in [6.07, 6.45) is 26.6. The molecular weight excluding hydrogens is 603 g/mol. The lowest BCUT2D eigenvalue weighted by molar-refractivity contribution is 0.277. The summed E-state index contributed by atoms with van der Waals surface area (Å²) in [7, 11) is 0. The summed E-state index contributed by atoms with van der Waals surface area (Å²) in [5, 5.41) is 0. The molecule has 0 radical (unpaired) electrons. The summed E-state index contributed by atoms with van der Waals surface area (Å²) in [4.78, 5) is 5.44. The van der Waals surface area contributed by atoms with Crippen molar-refractivity contribution in [3.8, 4) is 0 Å². The minimum absolute atomic E-state index is 0.00430. The SMILES string of the molecule is C=C1/C(=C\C(C)=CC2=CC(C)(C)CCC(C)(C)C(=C)/C=C2/N=C/C2=C(/C=C\C)C(C)(C)CCC2(C)C)C=C(C(C)(C)CCC(C)(C)C)CC1C. The Bertz CT molecular complexity index is 1560. The molecule has 50 heavy (non-hydrogen) atoms. The van der Waals surface area contributed by atoms with Crippen molar-refractivity contribution < 1.29 is 0 Å². The van der Waals surface area contributed by atoms with Crippen molar-refractivity contribution in [1.29, 1.82) is 0 Å². The smallest absolute Gasteiger partial charge is 0.0701 e. The van der Waals surface area contributed by atoms with Crippen LogP contribution in [0.1, 0.15) is 156 Å². The zero-order valence-corrected chi connectivity index (χ0v) is 35.5. The van der Waals surface area contributed by atoms with Gasteiger partial charge in [-0.3, -0.25) is 4.99 Å². The molecule has 276 valence electrons. The van der Waals surface area contributed by atoms with Gasteiger partial charge in [0.1, 0.15) is 0 Å². The van der Waals surface area contributed by atoms with E-state index in [4.69, 9.17) is 4.99 Å². The minimum atomic E-state index is -0.0134. The zero-order chi connectivity index (χ0) is 38.1. The van der Waals surface area contributed by atoms with Gasteiger partial charge >= 0.3 is 0 Å². The summed E-state index contributed by atoms with van der Waals surface area (Å²) in [5.74, 6) is 0.430. The molecule has 1 atom stereocenters. The van der Waals surface area contributed by atoms with Crippen LogP contribution in [0.5, 0.6) is 0 Å². The first-order chi connectivity index (χ1) is 22.7. The molecule has 0 saturated carbocycles. The van der Waals surface area contributed by atoms with E-state index in [9.17, 15) is 0 Å². The van der Waals surface area contributed by atoms with Crippen LogP contribution in [0.4, 0.5) is 0 Å². The molecule has 0 spiro atoms. The molecule has 0 saturated heterocycles. The molecule has 0 aromatic heterocycles. The van der Waals surface area contributed by atoms with Crippen LogP contribution in [0.25, 0.3) is 0 Å². The van der Waals surface area contributed by atoms with Gasteiger partial charge in [0.2, 0.25) is 0 Å². The van der Waals surface area contributed by atoms with E-state index >= 15 is 0 Å². The third kappa shape index (κ3) is 10.7. The number of hydrogen-bond acceptors (Lipinski definition) is 1. The zero-order valence-electron chi connectivity index (χ0n) is 35.5. The molecule has 3 rings (SSSR count). The van der Waals surface area contributed by atoms with Crippen molar-refractivity contribution in [2.45, 2.75) is 156 Å². The fourth-order valence-electron chi connectivity index (χ4n) is 7.58. The van der Waals surface area contributed by atoms with Gasteiger partial charge in [-0.05, 0) is 142 Å². The average molecular weight is 678 g/mol. The molecule has 3 aliphatic rings. The number of rotatable bonds is 8. The van der Waals surface area contributed by atoms with E-state index < -0.39 is 0 Å². The first-order valence-corrected chi connectivity index (χ1v) is 19.6. The highest BCUT2D eigenvalue weighted by Gasteiger charge is 2.38. The predicted octanol–water partition coefficient (Wildman–Crippen LogP) is 15.2. The summed E-state index contributed by atoms with van der Waals surface area (Å²) < 4.78 is 0. The number of hydrogen-bond donors (Lipinski definition) is 0. The van der Waals surface area contributed by atoms with Gasteiger partial charge in [0.05, 0.1) is 5.70 Å². The molecule has 3 aliphatic carbocycles. The minimum Gasteiger partial charge on any atom is -0.256 e. The fraction of sp³-hybridized carbons (Fsp3) is 0.612. The van der Waals surface area contributed by atoms with Gasteiger partial charge in [0, 0.05) is 6.21 Å². The van der Waals surface area contributed by atoms with Crippen LogP contribution < -0.4 is 0 Å². The molecule has 0 N–H and O–H groups in total. The van der Waals surface area contributed by atoms with E-state index in [1.807, 2.05) is 0 Å². The molecule has 1 heteroatoms. The van der Waals surface area contributed by atoms with Crippen molar-refractivity contribution >= 4 is 6.21 Å². The van der Waals surface area contributed by atoms with Crippen LogP contribution >= 0.6 is 0 Å². The maximum absolute atomic E-state index is 5.44. The van der Waals surface area contributed by atoms with Crippen molar-refractivity contribution in [3.05, 3.63) is 106 Å². The molecule has 1 nitrogen and oxygen atoms in total. The lowest BCUT2D eigenvalue weighted by atomic mass is 9.63. The van der Waals surface area contributed by atoms with E-state index in [0.717, 1.165) is 37.0 Å². The largest absolute Gasteiger partial charge is 0.256 e. The molecule has 0 aromatic rings. The molecule has 0 aromatic carbocycles. The van der Waals surface area contributed by atoms with Crippen LogP contribution in [-0.4, -0.2) is 6.21 Å². The standard InChI is InChI=1S/C49H75N/c1-19-20-41-42(49(17,18)26-25-48(41,15)16)33-50-43-30-36(4)46(11,12)24-22-45(9,10)32-39(43)28-34(2)27-38-31-40(29-35(3)37(38)5)47(13,14)23-21-44(6,7)8/h19-20,27-28,30-33,35H,4-5,21-26,29H2,1-3,6-18H3/b20-19-,34-28?,38-27-,39-32?,43-30+,50-33+. The highest BCUT2D eigenvalue weighted by atomic mass is 14.7. The fourth-order valence-corrected chi connectivity index (χ4v) is 7.58. The Hall–Kier alpha value is -2.67. The van der Waals surface area contributed by atoms with E-state index in [1.165, 1.54) is 52.7 Å². The Balaban J connectivity index is 2.22. The van der Waals surface area contributed by atoms with Gasteiger partial charge in [-0.15, -0.1) is 0 Å². The van der Waals surface area contributed by atoms with Crippen molar-refractivity contribution in [1.82, 2.24) is 0 Å². The third-order valence-corrected chi connectivity index (χ3v) is 12.2. The molecule has 1 unspecified atom stereocenters. The van der Waals surface area contributed by atoms with Crippen LogP contribution in [0.3, 0.4) is 0 Å². The maximum atomic E-state index is 5.44. The van der Waals surface area contributed by atoms with Crippen molar-refractivity contribution in [2.75, 3.05) is 0 Å². The molecule has 0 heterocycles. The second kappa shape index (κ2) is 15.1. The predicted molar refractivity (Wildman–Crippen MR) is 225 cm³/mol. The van der Waals surface area contributed by atoms with Gasteiger partial charge in [-0.25, -0.2) is 0 Å². The monoisotopic (exact) mass is 678 g/mol. The first kappa shape index (κ1) is 41.7. The first-order valence-electron chi connectivity index (χ1n) is 19.6. The topological polar surface area (TPSA) is 12.4 Å². The van der Waals surface area contributed by atoms with Crippen LogP contribution in [0, 0.1) is 38.4 Å². The average Bonchev–Trinajstić information content (AvgIpc) is 3.00. The summed E-state index contributed by atoms with van der Waals surface area (Å²) in [6, 6.07) is 0. The Morgan fingerprint density at radius 3 is 2.00 bits per heavy atom. The van der Waals surface area contributed by atoms with Crippen molar-refractivity contribution in [2.24, 2.45) is 43.4 Å². The van der Waals surface area contributed by atoms with Gasteiger partial charge in [-0.2, -0.15) is 0 Å². The Morgan fingerprint density at radius 2 is 1.42 bits per heavy atom. The summed E-state index contributed by atoms with van der Waals surface area (Å²) >= 11 is 0. The highest BCUT2D eigenvalue weighted by Crippen LogP contribution is 2.49. The molecular formula is C49H75N. The van der Waals surface area contributed by atoms with Gasteiger partial charge in [-0.1, -0.05) is 152 Å². The second-order valence-corrected chi connectivity index (χ2v) is 20.6. The van der Waals surface area contributed by atoms with Gasteiger partial charge in [0.15, 0.2) is 0 Å². The molecule has 0 amide bonds. The summed E-state index contributed by atoms with van der Waals surface area (Å²) in [6.45, 7) is 46.8. The maximum Gasteiger partial charge on any atom is 0.0701 e. The number of allylic oxidation sites excluding steroid dienone is 14. The van der Waals surface area contributed by atoms with Gasteiger partial charge in [0.25, 0.3) is 0 Å². The van der Waals surface area contributed by atoms with Crippen LogP contribution in [0.15, 0.2) is 111 Å². The number of aliphatic imine (C=N–C) groups is 1. The molecule has 0 fully saturated rings.